The van der Waals surface area contributed by atoms with Gasteiger partial charge in [0.05, 0.1) is 18.4 Å². The zero-order chi connectivity index (χ0) is 15.4. The van der Waals surface area contributed by atoms with E-state index in [9.17, 15) is 14.7 Å². The Hall–Kier alpha value is -2.89. The van der Waals surface area contributed by atoms with Crippen molar-refractivity contribution in [2.75, 3.05) is 19.1 Å². The number of ether oxygens (including phenoxy) is 1. The van der Waals surface area contributed by atoms with Crippen LogP contribution in [0.5, 0.6) is 5.88 Å². The normalized spacial score (nSPS) is 10.0. The Morgan fingerprint density at radius 1 is 1.14 bits per heavy atom. The number of methoxy groups -OCH3 is 1. The van der Waals surface area contributed by atoms with Crippen molar-refractivity contribution in [1.82, 2.24) is 4.98 Å². The smallest absolute Gasteiger partial charge is 0.337 e. The number of amides is 1. The molecule has 1 amide bonds. The fourth-order valence-corrected chi connectivity index (χ4v) is 1.95. The number of carboxylic acids is 1. The first-order valence-electron chi connectivity index (χ1n) is 6.15. The Labute approximate surface area is 121 Å². The lowest BCUT2D eigenvalue weighted by atomic mass is 10.1. The number of rotatable bonds is 4. The minimum Gasteiger partial charge on any atom is -0.480 e. The van der Waals surface area contributed by atoms with E-state index in [0.717, 1.165) is 0 Å². The number of pyridine rings is 1. The molecule has 0 bridgehead atoms. The number of carbonyl (C=O) groups excluding carboxylic acids is 1. The highest BCUT2D eigenvalue weighted by atomic mass is 16.5. The van der Waals surface area contributed by atoms with E-state index in [1.807, 2.05) is 0 Å². The minimum absolute atomic E-state index is 0.0520. The van der Waals surface area contributed by atoms with E-state index in [1.54, 1.807) is 30.3 Å². The van der Waals surface area contributed by atoms with Gasteiger partial charge in [-0.15, -0.1) is 0 Å². The lowest BCUT2D eigenvalue weighted by Gasteiger charge is -2.20. The molecule has 21 heavy (non-hydrogen) atoms. The standard InChI is InChI=1S/C15H14N2O4/c1-17(12-8-4-3-6-10(12)15(19)20)14(18)11-7-5-9-16-13(11)21-2/h3-9H,1-2H3,(H,19,20). The van der Waals surface area contributed by atoms with Gasteiger partial charge in [0.25, 0.3) is 5.91 Å². The number of carboxylic acid groups (broad SMARTS) is 1. The zero-order valence-electron chi connectivity index (χ0n) is 11.6. The molecule has 0 aliphatic heterocycles. The molecule has 0 saturated heterocycles. The van der Waals surface area contributed by atoms with Crippen molar-refractivity contribution in [3.05, 3.63) is 53.7 Å². The predicted octanol–water partition coefficient (Wildman–Crippen LogP) is 2.06. The maximum absolute atomic E-state index is 12.5. The molecule has 0 radical (unpaired) electrons. The lowest BCUT2D eigenvalue weighted by molar-refractivity contribution is 0.0697. The molecule has 0 spiro atoms. The summed E-state index contributed by atoms with van der Waals surface area (Å²) >= 11 is 0. The Kier molecular flexibility index (Phi) is 4.18. The molecule has 0 unspecified atom stereocenters. The van der Waals surface area contributed by atoms with Crippen LogP contribution in [0.2, 0.25) is 0 Å². The van der Waals surface area contributed by atoms with E-state index >= 15 is 0 Å². The maximum Gasteiger partial charge on any atom is 0.337 e. The second kappa shape index (κ2) is 6.04. The Morgan fingerprint density at radius 3 is 2.48 bits per heavy atom. The van der Waals surface area contributed by atoms with Crippen molar-refractivity contribution in [3.63, 3.8) is 0 Å². The number of carbonyl (C=O) groups is 2. The quantitative estimate of drug-likeness (QED) is 0.930. The van der Waals surface area contributed by atoms with Crippen LogP contribution in [-0.2, 0) is 0 Å². The van der Waals surface area contributed by atoms with E-state index in [1.165, 1.54) is 31.3 Å². The first-order valence-corrected chi connectivity index (χ1v) is 6.15. The molecule has 0 fully saturated rings. The highest BCUT2D eigenvalue weighted by Crippen LogP contribution is 2.23. The van der Waals surface area contributed by atoms with Gasteiger partial charge in [0.2, 0.25) is 5.88 Å². The van der Waals surface area contributed by atoms with E-state index < -0.39 is 11.9 Å². The van der Waals surface area contributed by atoms with Crippen molar-refractivity contribution in [1.29, 1.82) is 0 Å². The van der Waals surface area contributed by atoms with Crippen LogP contribution in [0.3, 0.4) is 0 Å². The third kappa shape index (κ3) is 2.84. The summed E-state index contributed by atoms with van der Waals surface area (Å²) in [6.45, 7) is 0. The second-order valence-corrected chi connectivity index (χ2v) is 4.25. The second-order valence-electron chi connectivity index (χ2n) is 4.25. The number of hydrogen-bond donors (Lipinski definition) is 1. The molecule has 0 aliphatic carbocycles. The van der Waals surface area contributed by atoms with Crippen molar-refractivity contribution in [2.24, 2.45) is 0 Å². The van der Waals surface area contributed by atoms with Crippen LogP contribution in [0.1, 0.15) is 20.7 Å². The first kappa shape index (κ1) is 14.5. The van der Waals surface area contributed by atoms with Crippen LogP contribution in [-0.4, -0.2) is 36.1 Å². The molecule has 1 N–H and O–H groups in total. The van der Waals surface area contributed by atoms with Crippen molar-refractivity contribution >= 4 is 17.6 Å². The van der Waals surface area contributed by atoms with Gasteiger partial charge in [-0.2, -0.15) is 0 Å². The molecule has 1 heterocycles. The fourth-order valence-electron chi connectivity index (χ4n) is 1.95. The van der Waals surface area contributed by atoms with Crippen LogP contribution in [0.4, 0.5) is 5.69 Å². The summed E-state index contributed by atoms with van der Waals surface area (Å²) in [6.07, 6.45) is 1.51. The van der Waals surface area contributed by atoms with Gasteiger partial charge in [-0.3, -0.25) is 4.79 Å². The third-order valence-corrected chi connectivity index (χ3v) is 3.00. The molecular weight excluding hydrogens is 272 g/mol. The number of anilines is 1. The van der Waals surface area contributed by atoms with Gasteiger partial charge in [-0.1, -0.05) is 12.1 Å². The lowest BCUT2D eigenvalue weighted by Crippen LogP contribution is -2.28. The molecule has 0 atom stereocenters. The zero-order valence-corrected chi connectivity index (χ0v) is 11.6. The van der Waals surface area contributed by atoms with Gasteiger partial charge in [0.15, 0.2) is 0 Å². The topological polar surface area (TPSA) is 79.7 Å². The number of hydrogen-bond acceptors (Lipinski definition) is 4. The van der Waals surface area contributed by atoms with Crippen molar-refractivity contribution < 1.29 is 19.4 Å². The van der Waals surface area contributed by atoms with Crippen molar-refractivity contribution in [2.45, 2.75) is 0 Å². The fraction of sp³-hybridized carbons (Fsp3) is 0.133. The summed E-state index contributed by atoms with van der Waals surface area (Å²) in [6, 6.07) is 9.49. The molecule has 2 rings (SSSR count). The van der Waals surface area contributed by atoms with Crippen LogP contribution in [0.15, 0.2) is 42.6 Å². The maximum atomic E-state index is 12.5. The number of para-hydroxylation sites is 1. The van der Waals surface area contributed by atoms with Gasteiger partial charge < -0.3 is 14.7 Å². The minimum atomic E-state index is -1.09. The summed E-state index contributed by atoms with van der Waals surface area (Å²) in [5.41, 5.74) is 0.625. The average molecular weight is 286 g/mol. The highest BCUT2D eigenvalue weighted by Gasteiger charge is 2.22. The Morgan fingerprint density at radius 2 is 1.81 bits per heavy atom. The molecule has 0 saturated carbocycles. The molecule has 1 aromatic heterocycles. The number of nitrogens with zero attached hydrogens (tertiary/aromatic N) is 2. The molecule has 108 valence electrons. The van der Waals surface area contributed by atoms with Gasteiger partial charge >= 0.3 is 5.97 Å². The summed E-state index contributed by atoms with van der Waals surface area (Å²) in [7, 11) is 2.93. The van der Waals surface area contributed by atoms with Crippen LogP contribution >= 0.6 is 0 Å². The SMILES string of the molecule is COc1ncccc1C(=O)N(C)c1ccccc1C(=O)O. The first-order chi connectivity index (χ1) is 10.1. The van der Waals surface area contributed by atoms with Gasteiger partial charge in [-0.25, -0.2) is 9.78 Å². The van der Waals surface area contributed by atoms with E-state index in [4.69, 9.17) is 4.74 Å². The van der Waals surface area contributed by atoms with E-state index in [0.29, 0.717) is 5.69 Å². The van der Waals surface area contributed by atoms with Crippen LogP contribution in [0, 0.1) is 0 Å². The van der Waals surface area contributed by atoms with Gasteiger partial charge in [0, 0.05) is 13.2 Å². The predicted molar refractivity (Wildman–Crippen MR) is 76.9 cm³/mol. The number of aromatic nitrogens is 1. The Bertz CT molecular complexity index is 685. The van der Waals surface area contributed by atoms with E-state index in [-0.39, 0.29) is 17.0 Å². The molecule has 0 aliphatic rings. The van der Waals surface area contributed by atoms with Gasteiger partial charge in [0.1, 0.15) is 5.56 Å². The average Bonchev–Trinajstić information content (AvgIpc) is 2.53. The summed E-state index contributed by atoms with van der Waals surface area (Å²) in [4.78, 5) is 29.0. The number of benzene rings is 1. The third-order valence-electron chi connectivity index (χ3n) is 3.00. The van der Waals surface area contributed by atoms with Crippen LogP contribution < -0.4 is 9.64 Å². The monoisotopic (exact) mass is 286 g/mol. The summed E-state index contributed by atoms with van der Waals surface area (Å²) in [5.74, 6) is -1.29. The van der Waals surface area contributed by atoms with E-state index in [2.05, 4.69) is 4.98 Å². The molecular formula is C15H14N2O4. The van der Waals surface area contributed by atoms with Crippen molar-refractivity contribution in [3.8, 4) is 5.88 Å². The Balaban J connectivity index is 2.43. The largest absolute Gasteiger partial charge is 0.480 e. The molecule has 6 heteroatoms. The molecule has 6 nitrogen and oxygen atoms in total. The molecule has 1 aromatic carbocycles. The summed E-state index contributed by atoms with van der Waals surface area (Å²) < 4.78 is 5.06. The highest BCUT2D eigenvalue weighted by molar-refractivity contribution is 6.10. The molecule has 2 aromatic rings. The summed E-state index contributed by atoms with van der Waals surface area (Å²) in [5, 5.41) is 9.19. The van der Waals surface area contributed by atoms with Crippen LogP contribution in [0.25, 0.3) is 0 Å². The van der Waals surface area contributed by atoms with Gasteiger partial charge in [-0.05, 0) is 24.3 Å². The number of aromatic carboxylic acids is 1.